The molecule has 3 aromatic heterocycles. The van der Waals surface area contributed by atoms with E-state index >= 15 is 0 Å². The quantitative estimate of drug-likeness (QED) is 0.175. The van der Waals surface area contributed by atoms with Gasteiger partial charge in [0.15, 0.2) is 5.58 Å². The highest BCUT2D eigenvalue weighted by atomic mass is 16.3. The van der Waals surface area contributed by atoms with Gasteiger partial charge in [-0.1, -0.05) is 147 Å². The number of furan rings is 1. The van der Waals surface area contributed by atoms with Crippen LogP contribution in [0.3, 0.4) is 0 Å². The molecule has 60 heavy (non-hydrogen) atoms. The molecule has 0 saturated carbocycles. The summed E-state index contributed by atoms with van der Waals surface area (Å²) < 4.78 is 53.9. The van der Waals surface area contributed by atoms with Crippen LogP contribution in [0.4, 0.5) is 0 Å². The standard InChI is InChI=1S/C57H38N2O/c1-57(2)47-21-12-19-39(35-14-4-3-5-15-35)55(47)44-29-28-38(34-48(44)57)58-49-22-9-6-16-40(49)45-32-36(26-30-51(45)58)37-27-31-52-46(33-37)41-17-7-10-23-50(41)59(52)53-24-13-20-43-42-18-8-11-25-54(42)60-56(43)53/h3-34H,1-2H3/i3D,4D,5D,14D,15D. The zero-order valence-electron chi connectivity index (χ0n) is 37.9. The lowest BCUT2D eigenvalue weighted by atomic mass is 9.82. The topological polar surface area (TPSA) is 23.0 Å². The smallest absolute Gasteiger partial charge is 0.159 e. The molecule has 1 aliphatic carbocycles. The van der Waals surface area contributed by atoms with Gasteiger partial charge in [0.2, 0.25) is 0 Å². The van der Waals surface area contributed by atoms with Crippen molar-refractivity contribution in [3.05, 3.63) is 205 Å². The summed E-state index contributed by atoms with van der Waals surface area (Å²) in [6, 6.07) is 56.5. The fraction of sp³-hybridized carbons (Fsp3) is 0.0526. The third kappa shape index (κ3) is 4.55. The van der Waals surface area contributed by atoms with Crippen LogP contribution in [0.2, 0.25) is 0 Å². The Labute approximate surface area is 354 Å². The van der Waals surface area contributed by atoms with Crippen molar-refractivity contribution in [2.45, 2.75) is 19.3 Å². The Morgan fingerprint density at radius 2 is 1.07 bits per heavy atom. The largest absolute Gasteiger partial charge is 0.454 e. The average molecular weight is 772 g/mol. The number of hydrogen-bond acceptors (Lipinski definition) is 1. The molecular formula is C57H38N2O. The third-order valence-electron chi connectivity index (χ3n) is 13.0. The Kier molecular flexibility index (Phi) is 5.84. The molecule has 0 atom stereocenters. The molecule has 0 saturated heterocycles. The normalized spacial score (nSPS) is 14.5. The molecule has 282 valence electrons. The van der Waals surface area contributed by atoms with Gasteiger partial charge < -0.3 is 13.6 Å². The fourth-order valence-electron chi connectivity index (χ4n) is 10.3. The van der Waals surface area contributed by atoms with Crippen molar-refractivity contribution in [2.24, 2.45) is 0 Å². The lowest BCUT2D eigenvalue weighted by molar-refractivity contribution is 0.660. The van der Waals surface area contributed by atoms with Crippen LogP contribution in [-0.2, 0) is 5.41 Å². The molecular weight excluding hydrogens is 729 g/mol. The molecule has 0 spiro atoms. The van der Waals surface area contributed by atoms with Crippen molar-refractivity contribution < 1.29 is 11.3 Å². The molecule has 9 aromatic carbocycles. The first-order chi connectivity index (χ1) is 31.6. The zero-order valence-corrected chi connectivity index (χ0v) is 32.9. The summed E-state index contributed by atoms with van der Waals surface area (Å²) in [5.41, 5.74) is 15.0. The van der Waals surface area contributed by atoms with Gasteiger partial charge in [-0.25, -0.2) is 0 Å². The highest BCUT2D eigenvalue weighted by molar-refractivity contribution is 6.14. The molecule has 12 aromatic rings. The minimum atomic E-state index is -0.420. The maximum absolute atomic E-state index is 8.83. The monoisotopic (exact) mass is 771 g/mol. The van der Waals surface area contributed by atoms with Gasteiger partial charge in [-0.05, 0) is 105 Å². The lowest BCUT2D eigenvalue weighted by Crippen LogP contribution is -2.15. The number of nitrogens with zero attached hydrogens (tertiary/aromatic N) is 2. The fourth-order valence-corrected chi connectivity index (χ4v) is 10.3. The van der Waals surface area contributed by atoms with Gasteiger partial charge >= 0.3 is 0 Å². The molecule has 0 fully saturated rings. The van der Waals surface area contributed by atoms with Gasteiger partial charge in [0.25, 0.3) is 0 Å². The minimum absolute atomic E-state index is 0.194. The van der Waals surface area contributed by atoms with E-state index in [-0.39, 0.29) is 29.7 Å². The summed E-state index contributed by atoms with van der Waals surface area (Å²) in [6.45, 7) is 4.41. The predicted molar refractivity (Wildman–Crippen MR) is 251 cm³/mol. The molecule has 0 amide bonds. The first-order valence-electron chi connectivity index (χ1n) is 22.9. The van der Waals surface area contributed by atoms with Crippen LogP contribution in [0.25, 0.3) is 110 Å². The van der Waals surface area contributed by atoms with E-state index in [1.807, 2.05) is 24.3 Å². The van der Waals surface area contributed by atoms with Gasteiger partial charge in [-0.15, -0.1) is 0 Å². The maximum atomic E-state index is 8.83. The van der Waals surface area contributed by atoms with Gasteiger partial charge in [0, 0.05) is 43.4 Å². The van der Waals surface area contributed by atoms with Crippen LogP contribution >= 0.6 is 0 Å². The van der Waals surface area contributed by atoms with Gasteiger partial charge in [-0.2, -0.15) is 0 Å². The number of fused-ring (bicyclic) bond motifs is 12. The summed E-state index contributed by atoms with van der Waals surface area (Å²) in [6.07, 6.45) is 0. The second-order valence-electron chi connectivity index (χ2n) is 16.5. The number of benzene rings is 9. The molecule has 13 rings (SSSR count). The Morgan fingerprint density at radius 1 is 0.450 bits per heavy atom. The van der Waals surface area contributed by atoms with Crippen LogP contribution in [0.1, 0.15) is 31.8 Å². The molecule has 3 heteroatoms. The van der Waals surface area contributed by atoms with Crippen LogP contribution < -0.4 is 0 Å². The van der Waals surface area contributed by atoms with Crippen LogP contribution in [0.15, 0.2) is 198 Å². The molecule has 1 aliphatic rings. The van der Waals surface area contributed by atoms with Crippen molar-refractivity contribution >= 4 is 65.6 Å². The number of aromatic nitrogens is 2. The Hall–Kier alpha value is -7.62. The van der Waals surface area contributed by atoms with Gasteiger partial charge in [0.1, 0.15) is 5.58 Å². The first kappa shape index (κ1) is 28.7. The first-order valence-corrected chi connectivity index (χ1v) is 20.4. The summed E-state index contributed by atoms with van der Waals surface area (Å²) in [7, 11) is 0. The number of rotatable bonds is 4. The van der Waals surface area contributed by atoms with Crippen molar-refractivity contribution in [2.75, 3.05) is 0 Å². The summed E-state index contributed by atoms with van der Waals surface area (Å²) >= 11 is 0. The van der Waals surface area contributed by atoms with Crippen molar-refractivity contribution in [3.63, 3.8) is 0 Å². The van der Waals surface area contributed by atoms with E-state index in [2.05, 4.69) is 163 Å². The molecule has 0 N–H and O–H groups in total. The van der Waals surface area contributed by atoms with E-state index in [0.29, 0.717) is 5.56 Å². The van der Waals surface area contributed by atoms with E-state index in [9.17, 15) is 0 Å². The van der Waals surface area contributed by atoms with E-state index < -0.39 is 11.5 Å². The van der Waals surface area contributed by atoms with Crippen LogP contribution in [0.5, 0.6) is 0 Å². The SMILES string of the molecule is [2H]c1c([2H])c([2H])c(-c2cccc3c2-c2ccc(-n4c5ccccc5c5cc(-c6ccc7c(c6)c6ccccc6n7-c6cccc7c6oc6ccccc67)ccc54)cc2C3(C)C)c([2H])c1[2H]. The molecule has 3 nitrogen and oxygen atoms in total. The lowest BCUT2D eigenvalue weighted by Gasteiger charge is -2.22. The minimum Gasteiger partial charge on any atom is -0.454 e. The van der Waals surface area contributed by atoms with E-state index in [1.165, 1.54) is 10.8 Å². The average Bonchev–Trinajstić information content (AvgIpc) is 4.05. The van der Waals surface area contributed by atoms with Crippen LogP contribution in [-0.4, -0.2) is 9.13 Å². The van der Waals surface area contributed by atoms with Crippen molar-refractivity contribution in [1.82, 2.24) is 9.13 Å². The number of hydrogen-bond donors (Lipinski definition) is 0. The Morgan fingerprint density at radius 3 is 1.82 bits per heavy atom. The molecule has 0 unspecified atom stereocenters. The Balaban J connectivity index is 0.953. The third-order valence-corrected chi connectivity index (χ3v) is 13.0. The van der Waals surface area contributed by atoms with E-state index in [0.717, 1.165) is 99.5 Å². The molecule has 0 aliphatic heterocycles. The summed E-state index contributed by atoms with van der Waals surface area (Å²) in [4.78, 5) is 0. The second kappa shape index (κ2) is 12.2. The van der Waals surface area contributed by atoms with E-state index in [4.69, 9.17) is 11.3 Å². The highest BCUT2D eigenvalue weighted by Gasteiger charge is 2.37. The summed E-state index contributed by atoms with van der Waals surface area (Å²) in [5, 5.41) is 6.88. The van der Waals surface area contributed by atoms with Crippen LogP contribution in [0, 0.1) is 0 Å². The highest BCUT2D eigenvalue weighted by Crippen LogP contribution is 2.53. The maximum Gasteiger partial charge on any atom is 0.159 e. The number of para-hydroxylation sites is 4. The second-order valence-corrected chi connectivity index (χ2v) is 16.5. The predicted octanol–water partition coefficient (Wildman–Crippen LogP) is 15.4. The van der Waals surface area contributed by atoms with Gasteiger partial charge in [-0.3, -0.25) is 0 Å². The van der Waals surface area contributed by atoms with Crippen molar-refractivity contribution in [3.8, 4) is 44.8 Å². The molecule has 0 radical (unpaired) electrons. The van der Waals surface area contributed by atoms with Gasteiger partial charge in [0.05, 0.1) is 34.6 Å². The van der Waals surface area contributed by atoms with Crippen molar-refractivity contribution in [1.29, 1.82) is 0 Å². The molecule has 3 heterocycles. The summed E-state index contributed by atoms with van der Waals surface area (Å²) in [5.74, 6) is 0. The zero-order chi connectivity index (χ0) is 44.0. The van der Waals surface area contributed by atoms with E-state index in [1.54, 1.807) is 0 Å². The Bertz CT molecular complexity index is 4030. The molecule has 0 bridgehead atoms.